The van der Waals surface area contributed by atoms with E-state index in [4.69, 9.17) is 0 Å². The summed E-state index contributed by atoms with van der Waals surface area (Å²) in [7, 11) is -0.478. The third kappa shape index (κ3) is 3.65. The summed E-state index contributed by atoms with van der Waals surface area (Å²) >= 11 is 0. The average Bonchev–Trinajstić information content (AvgIpc) is 2.51. The van der Waals surface area contributed by atoms with E-state index >= 15 is 0 Å². The molecule has 0 aliphatic heterocycles. The maximum atomic E-state index is 1.64. The summed E-state index contributed by atoms with van der Waals surface area (Å²) in [6.07, 6.45) is 24.0. The van der Waals surface area contributed by atoms with Crippen molar-refractivity contribution < 1.29 is 0 Å². The Morgan fingerprint density at radius 1 is 0.368 bits per heavy atom. The number of hydrogen-bond acceptors (Lipinski definition) is 0. The quantitative estimate of drug-likeness (QED) is 0.538. The van der Waals surface area contributed by atoms with Crippen molar-refractivity contribution in [3.63, 3.8) is 0 Å². The van der Waals surface area contributed by atoms with E-state index in [1.807, 2.05) is 0 Å². The predicted molar refractivity (Wildman–Crippen MR) is 87.7 cm³/mol. The van der Waals surface area contributed by atoms with Gasteiger partial charge in [-0.3, -0.25) is 0 Å². The van der Waals surface area contributed by atoms with Crippen LogP contribution >= 0.6 is 0 Å². The van der Waals surface area contributed by atoms with Crippen LogP contribution in [0.5, 0.6) is 0 Å². The summed E-state index contributed by atoms with van der Waals surface area (Å²) in [5.74, 6) is 0. The monoisotopic (exact) mass is 278 g/mol. The SMILES string of the molecule is C1CCC([SiH](C2CCCCC2)C2CCCCC2)CC1. The largest absolute Gasteiger partial charge is 0.0533 e. The maximum Gasteiger partial charge on any atom is 0.0461 e. The van der Waals surface area contributed by atoms with Crippen LogP contribution in [0.25, 0.3) is 0 Å². The van der Waals surface area contributed by atoms with Gasteiger partial charge < -0.3 is 0 Å². The lowest BCUT2D eigenvalue weighted by atomic mass is 9.98. The van der Waals surface area contributed by atoms with Gasteiger partial charge in [0.05, 0.1) is 0 Å². The summed E-state index contributed by atoms with van der Waals surface area (Å²) in [4.78, 5) is 0. The second-order valence-electron chi connectivity index (χ2n) is 7.77. The first-order chi connectivity index (χ1) is 9.45. The molecule has 19 heavy (non-hydrogen) atoms. The van der Waals surface area contributed by atoms with Crippen molar-refractivity contribution in [2.45, 2.75) is 113 Å². The van der Waals surface area contributed by atoms with E-state index in [1.54, 1.807) is 96.3 Å². The van der Waals surface area contributed by atoms with Gasteiger partial charge in [-0.25, -0.2) is 0 Å². The number of hydrogen-bond donors (Lipinski definition) is 0. The first-order valence-corrected chi connectivity index (χ1v) is 11.4. The molecule has 0 aromatic heterocycles. The van der Waals surface area contributed by atoms with Crippen LogP contribution in [-0.4, -0.2) is 8.80 Å². The van der Waals surface area contributed by atoms with Gasteiger partial charge in [-0.1, -0.05) is 96.3 Å². The Morgan fingerprint density at radius 3 is 0.895 bits per heavy atom. The van der Waals surface area contributed by atoms with Crippen molar-refractivity contribution in [2.75, 3.05) is 0 Å². The molecule has 3 rings (SSSR count). The first kappa shape index (κ1) is 14.2. The van der Waals surface area contributed by atoms with Crippen LogP contribution in [0.15, 0.2) is 0 Å². The Bertz CT molecular complexity index is 202. The van der Waals surface area contributed by atoms with E-state index in [0.29, 0.717) is 0 Å². The smallest absolute Gasteiger partial charge is 0.0461 e. The van der Waals surface area contributed by atoms with E-state index in [-0.39, 0.29) is 0 Å². The fraction of sp³-hybridized carbons (Fsp3) is 1.00. The second-order valence-corrected chi connectivity index (χ2v) is 11.8. The molecule has 0 aromatic rings. The minimum Gasteiger partial charge on any atom is -0.0533 e. The third-order valence-electron chi connectivity index (χ3n) is 6.58. The fourth-order valence-electron chi connectivity index (χ4n) is 5.71. The van der Waals surface area contributed by atoms with Crippen molar-refractivity contribution in [2.24, 2.45) is 0 Å². The zero-order chi connectivity index (χ0) is 12.9. The molecule has 0 aromatic carbocycles. The van der Waals surface area contributed by atoms with Crippen LogP contribution in [0.2, 0.25) is 16.6 Å². The number of rotatable bonds is 3. The first-order valence-electron chi connectivity index (χ1n) is 9.45. The zero-order valence-electron chi connectivity index (χ0n) is 12.9. The minimum absolute atomic E-state index is 0.478. The highest BCUT2D eigenvalue weighted by Crippen LogP contribution is 2.49. The van der Waals surface area contributed by atoms with Crippen LogP contribution in [0.1, 0.15) is 96.3 Å². The molecule has 0 radical (unpaired) electrons. The lowest BCUT2D eigenvalue weighted by Gasteiger charge is -2.42. The zero-order valence-corrected chi connectivity index (χ0v) is 14.1. The summed E-state index contributed by atoms with van der Waals surface area (Å²) < 4.78 is 0. The van der Waals surface area contributed by atoms with E-state index in [1.165, 1.54) is 16.6 Å². The van der Waals surface area contributed by atoms with Gasteiger partial charge in [-0.2, -0.15) is 0 Å². The Morgan fingerprint density at radius 2 is 0.632 bits per heavy atom. The third-order valence-corrected chi connectivity index (χ3v) is 11.8. The lowest BCUT2D eigenvalue weighted by molar-refractivity contribution is 0.429. The Kier molecular flexibility index (Phi) is 5.44. The molecule has 0 spiro atoms. The molecule has 0 amide bonds. The standard InChI is InChI=1S/C18H34Si/c1-4-10-16(11-5-1)19(17-12-6-2-7-13-17)18-14-8-3-9-15-18/h16-19H,1-15H2. The molecule has 1 heteroatoms. The van der Waals surface area contributed by atoms with E-state index in [0.717, 1.165) is 0 Å². The topological polar surface area (TPSA) is 0 Å². The Labute approximate surface area is 122 Å². The second kappa shape index (κ2) is 7.29. The van der Waals surface area contributed by atoms with Crippen molar-refractivity contribution >= 4 is 8.80 Å². The van der Waals surface area contributed by atoms with Gasteiger partial charge in [0.15, 0.2) is 0 Å². The van der Waals surface area contributed by atoms with Gasteiger partial charge in [-0.05, 0) is 16.6 Å². The molecular weight excluding hydrogens is 244 g/mol. The fourth-order valence-corrected chi connectivity index (χ4v) is 11.7. The van der Waals surface area contributed by atoms with Crippen LogP contribution < -0.4 is 0 Å². The van der Waals surface area contributed by atoms with Gasteiger partial charge in [-0.15, -0.1) is 0 Å². The summed E-state index contributed by atoms with van der Waals surface area (Å²) in [5.41, 5.74) is 3.79. The molecular formula is C18H34Si. The van der Waals surface area contributed by atoms with Crippen LogP contribution in [0.4, 0.5) is 0 Å². The van der Waals surface area contributed by atoms with Crippen LogP contribution in [0.3, 0.4) is 0 Å². The molecule has 3 aliphatic carbocycles. The molecule has 0 bridgehead atoms. The van der Waals surface area contributed by atoms with Gasteiger partial charge in [0.25, 0.3) is 0 Å². The highest BCUT2D eigenvalue weighted by molar-refractivity contribution is 6.63. The van der Waals surface area contributed by atoms with Crippen molar-refractivity contribution in [1.82, 2.24) is 0 Å². The molecule has 0 unspecified atom stereocenters. The molecule has 110 valence electrons. The van der Waals surface area contributed by atoms with Crippen molar-refractivity contribution in [1.29, 1.82) is 0 Å². The van der Waals surface area contributed by atoms with E-state index < -0.39 is 8.80 Å². The van der Waals surface area contributed by atoms with Crippen LogP contribution in [0, 0.1) is 0 Å². The summed E-state index contributed by atoms with van der Waals surface area (Å²) in [5, 5.41) is 0. The van der Waals surface area contributed by atoms with Crippen molar-refractivity contribution in [3.8, 4) is 0 Å². The summed E-state index contributed by atoms with van der Waals surface area (Å²) in [6.45, 7) is 0. The molecule has 0 heterocycles. The van der Waals surface area contributed by atoms with Crippen molar-refractivity contribution in [3.05, 3.63) is 0 Å². The van der Waals surface area contributed by atoms with Gasteiger partial charge in [0, 0.05) is 8.80 Å². The van der Waals surface area contributed by atoms with E-state index in [2.05, 4.69) is 0 Å². The van der Waals surface area contributed by atoms with Gasteiger partial charge in [0.1, 0.15) is 0 Å². The Hall–Kier alpha value is 0.217. The average molecular weight is 279 g/mol. The molecule has 3 fully saturated rings. The minimum atomic E-state index is -0.478. The summed E-state index contributed by atoms with van der Waals surface area (Å²) in [6, 6.07) is 0. The maximum absolute atomic E-state index is 1.64. The normalized spacial score (nSPS) is 28.9. The van der Waals surface area contributed by atoms with E-state index in [9.17, 15) is 0 Å². The molecule has 0 atom stereocenters. The highest BCUT2D eigenvalue weighted by Gasteiger charge is 2.38. The molecule has 0 nitrogen and oxygen atoms in total. The lowest BCUT2D eigenvalue weighted by Crippen LogP contribution is -2.35. The Balaban J connectivity index is 1.68. The predicted octanol–water partition coefficient (Wildman–Crippen LogP) is 6.22. The van der Waals surface area contributed by atoms with Crippen LogP contribution in [-0.2, 0) is 0 Å². The van der Waals surface area contributed by atoms with Gasteiger partial charge in [0.2, 0.25) is 0 Å². The molecule has 0 saturated heterocycles. The molecule has 0 N–H and O–H groups in total. The van der Waals surface area contributed by atoms with Gasteiger partial charge >= 0.3 is 0 Å². The molecule has 3 saturated carbocycles. The molecule has 3 aliphatic rings. The highest BCUT2D eigenvalue weighted by atomic mass is 28.3.